The molecule has 4 nitrogen and oxygen atoms in total. The molecule has 0 radical (unpaired) electrons. The van der Waals surface area contributed by atoms with E-state index in [4.69, 9.17) is 4.74 Å². The number of carbonyl (C=O) groups excluding carboxylic acids is 1. The van der Waals surface area contributed by atoms with E-state index in [2.05, 4.69) is 4.98 Å². The first-order chi connectivity index (χ1) is 9.24. The molecule has 0 bridgehead atoms. The first-order valence-corrected chi connectivity index (χ1v) is 6.68. The molecule has 3 rings (SSSR count). The Bertz CT molecular complexity index is 741. The van der Waals surface area contributed by atoms with Gasteiger partial charge in [-0.1, -0.05) is 0 Å². The van der Waals surface area contributed by atoms with Crippen molar-refractivity contribution in [3.63, 3.8) is 0 Å². The molecule has 0 amide bonds. The first-order valence-electron chi connectivity index (χ1n) is 5.80. The molecule has 5 heteroatoms. The molecule has 0 saturated carbocycles. The number of methoxy groups -OCH3 is 1. The topological polar surface area (TPSA) is 43.6 Å². The molecule has 0 spiro atoms. The van der Waals surface area contributed by atoms with Crippen molar-refractivity contribution in [3.8, 4) is 17.0 Å². The fraction of sp³-hybridized carbons (Fsp3) is 0.143. The first kappa shape index (κ1) is 11.9. The number of benzene rings is 1. The molecule has 3 aromatic rings. The van der Waals surface area contributed by atoms with Crippen LogP contribution in [0.4, 0.5) is 0 Å². The summed E-state index contributed by atoms with van der Waals surface area (Å²) >= 11 is 1.53. The minimum Gasteiger partial charge on any atom is -0.497 e. The zero-order chi connectivity index (χ0) is 13.4. The third-order valence-electron chi connectivity index (χ3n) is 3.04. The van der Waals surface area contributed by atoms with Crippen molar-refractivity contribution >= 4 is 22.6 Å². The van der Waals surface area contributed by atoms with Crippen LogP contribution in [0.25, 0.3) is 16.2 Å². The van der Waals surface area contributed by atoms with E-state index in [-0.39, 0.29) is 0 Å². The Kier molecular flexibility index (Phi) is 2.83. The average Bonchev–Trinajstić information content (AvgIpc) is 2.99. The van der Waals surface area contributed by atoms with Crippen LogP contribution < -0.4 is 4.74 Å². The summed E-state index contributed by atoms with van der Waals surface area (Å²) in [6, 6.07) is 7.55. The van der Waals surface area contributed by atoms with Gasteiger partial charge in [0.25, 0.3) is 0 Å². The standard InChI is InChI=1S/C14H12N2O2S/c1-9-8-19-14-15-13(12(7-17)16(9)14)10-3-5-11(18-2)6-4-10/h3-8H,1-2H3. The number of nitrogens with zero attached hydrogens (tertiary/aromatic N) is 2. The quantitative estimate of drug-likeness (QED) is 0.688. The summed E-state index contributed by atoms with van der Waals surface area (Å²) in [7, 11) is 1.63. The second kappa shape index (κ2) is 4.51. The van der Waals surface area contributed by atoms with Gasteiger partial charge in [0, 0.05) is 16.6 Å². The Morgan fingerprint density at radius 1 is 1.32 bits per heavy atom. The summed E-state index contributed by atoms with van der Waals surface area (Å²) in [6.45, 7) is 1.97. The second-order valence-electron chi connectivity index (χ2n) is 4.19. The van der Waals surface area contributed by atoms with Gasteiger partial charge in [-0.3, -0.25) is 9.20 Å². The maximum Gasteiger partial charge on any atom is 0.195 e. The number of aryl methyl sites for hydroxylation is 1. The third-order valence-corrected chi connectivity index (χ3v) is 3.99. The Morgan fingerprint density at radius 2 is 2.05 bits per heavy atom. The van der Waals surface area contributed by atoms with Crippen molar-refractivity contribution in [3.05, 3.63) is 41.0 Å². The lowest BCUT2D eigenvalue weighted by molar-refractivity contribution is 0.111. The lowest BCUT2D eigenvalue weighted by atomic mass is 10.1. The van der Waals surface area contributed by atoms with Crippen molar-refractivity contribution < 1.29 is 9.53 Å². The minimum atomic E-state index is 0.596. The molecule has 2 heterocycles. The van der Waals surface area contributed by atoms with Gasteiger partial charge in [-0.25, -0.2) is 4.98 Å². The number of rotatable bonds is 3. The number of imidazole rings is 1. The van der Waals surface area contributed by atoms with Gasteiger partial charge >= 0.3 is 0 Å². The number of hydrogen-bond acceptors (Lipinski definition) is 4. The number of hydrogen-bond donors (Lipinski definition) is 0. The lowest BCUT2D eigenvalue weighted by Gasteiger charge is -2.02. The van der Waals surface area contributed by atoms with Gasteiger partial charge in [-0.2, -0.15) is 0 Å². The third kappa shape index (κ3) is 1.82. The van der Waals surface area contributed by atoms with E-state index in [0.717, 1.165) is 28.3 Å². The van der Waals surface area contributed by atoms with Crippen molar-refractivity contribution in [1.29, 1.82) is 0 Å². The molecule has 1 aromatic carbocycles. The minimum absolute atomic E-state index is 0.596. The molecule has 0 aliphatic rings. The highest BCUT2D eigenvalue weighted by Gasteiger charge is 2.15. The lowest BCUT2D eigenvalue weighted by Crippen LogP contribution is -1.93. The molecule has 0 aliphatic carbocycles. The Morgan fingerprint density at radius 3 is 2.68 bits per heavy atom. The van der Waals surface area contributed by atoms with Crippen LogP contribution in [0, 0.1) is 6.92 Å². The monoisotopic (exact) mass is 272 g/mol. The van der Waals surface area contributed by atoms with E-state index in [1.165, 1.54) is 11.3 Å². The van der Waals surface area contributed by atoms with Crippen molar-refractivity contribution in [1.82, 2.24) is 9.38 Å². The van der Waals surface area contributed by atoms with Crippen molar-refractivity contribution in [2.45, 2.75) is 6.92 Å². The van der Waals surface area contributed by atoms with Crippen LogP contribution in [0.1, 0.15) is 16.2 Å². The summed E-state index contributed by atoms with van der Waals surface area (Å²) in [4.78, 5) is 16.7. The fourth-order valence-electron chi connectivity index (χ4n) is 2.09. The van der Waals surface area contributed by atoms with Gasteiger partial charge in [0.2, 0.25) is 0 Å². The Labute approximate surface area is 114 Å². The zero-order valence-electron chi connectivity index (χ0n) is 10.6. The highest BCUT2D eigenvalue weighted by atomic mass is 32.1. The molecule has 19 heavy (non-hydrogen) atoms. The van der Waals surface area contributed by atoms with Gasteiger partial charge in [0.1, 0.15) is 17.1 Å². The molecule has 0 aliphatic heterocycles. The van der Waals surface area contributed by atoms with E-state index in [9.17, 15) is 4.79 Å². The maximum absolute atomic E-state index is 11.4. The van der Waals surface area contributed by atoms with Gasteiger partial charge in [0.15, 0.2) is 11.2 Å². The van der Waals surface area contributed by atoms with Crippen LogP contribution in [0.3, 0.4) is 0 Å². The highest BCUT2D eigenvalue weighted by Crippen LogP contribution is 2.28. The van der Waals surface area contributed by atoms with Crippen molar-refractivity contribution in [2.75, 3.05) is 7.11 Å². The van der Waals surface area contributed by atoms with Crippen LogP contribution in [0.5, 0.6) is 5.75 Å². The fourth-order valence-corrected chi connectivity index (χ4v) is 2.97. The van der Waals surface area contributed by atoms with E-state index >= 15 is 0 Å². The molecule has 0 N–H and O–H groups in total. The Hall–Kier alpha value is -2.14. The van der Waals surface area contributed by atoms with Crippen LogP contribution in [0.2, 0.25) is 0 Å². The zero-order valence-corrected chi connectivity index (χ0v) is 11.4. The van der Waals surface area contributed by atoms with E-state index in [1.807, 2.05) is 41.0 Å². The summed E-state index contributed by atoms with van der Waals surface area (Å²) in [5.41, 5.74) is 3.25. The molecule has 2 aromatic heterocycles. The molecule has 0 saturated heterocycles. The molecule has 0 fully saturated rings. The molecule has 0 unspecified atom stereocenters. The number of thiazole rings is 1. The summed E-state index contributed by atoms with van der Waals surface area (Å²) in [6.07, 6.45) is 0.860. The number of carbonyl (C=O) groups is 1. The normalized spacial score (nSPS) is 10.8. The largest absolute Gasteiger partial charge is 0.497 e. The summed E-state index contributed by atoms with van der Waals surface area (Å²) in [5.74, 6) is 0.786. The predicted octanol–water partition coefficient (Wildman–Crippen LogP) is 3.19. The number of aromatic nitrogens is 2. The molecule has 0 atom stereocenters. The van der Waals surface area contributed by atoms with Gasteiger partial charge < -0.3 is 4.74 Å². The maximum atomic E-state index is 11.4. The van der Waals surface area contributed by atoms with Crippen LogP contribution in [-0.4, -0.2) is 22.8 Å². The Balaban J connectivity index is 2.20. The van der Waals surface area contributed by atoms with E-state index in [0.29, 0.717) is 11.4 Å². The molecular formula is C14H12N2O2S. The van der Waals surface area contributed by atoms with Gasteiger partial charge in [0.05, 0.1) is 7.11 Å². The van der Waals surface area contributed by atoms with Gasteiger partial charge in [-0.15, -0.1) is 11.3 Å². The van der Waals surface area contributed by atoms with Crippen LogP contribution in [0.15, 0.2) is 29.6 Å². The summed E-state index contributed by atoms with van der Waals surface area (Å²) < 4.78 is 7.02. The number of fused-ring (bicyclic) bond motifs is 1. The smallest absolute Gasteiger partial charge is 0.195 e. The molecular weight excluding hydrogens is 260 g/mol. The average molecular weight is 272 g/mol. The highest BCUT2D eigenvalue weighted by molar-refractivity contribution is 7.15. The van der Waals surface area contributed by atoms with E-state index < -0.39 is 0 Å². The number of aldehydes is 1. The summed E-state index contributed by atoms with van der Waals surface area (Å²) in [5, 5.41) is 1.99. The van der Waals surface area contributed by atoms with Crippen molar-refractivity contribution in [2.24, 2.45) is 0 Å². The van der Waals surface area contributed by atoms with Gasteiger partial charge in [-0.05, 0) is 31.2 Å². The molecule has 96 valence electrons. The second-order valence-corrected chi connectivity index (χ2v) is 5.02. The predicted molar refractivity (Wildman–Crippen MR) is 75.2 cm³/mol. The van der Waals surface area contributed by atoms with E-state index in [1.54, 1.807) is 7.11 Å². The number of ether oxygens (including phenoxy) is 1. The SMILES string of the molecule is COc1ccc(-c2nc3scc(C)n3c2C=O)cc1. The van der Waals surface area contributed by atoms with Crippen LogP contribution in [-0.2, 0) is 0 Å². The van der Waals surface area contributed by atoms with Crippen LogP contribution >= 0.6 is 11.3 Å².